The fourth-order valence-electron chi connectivity index (χ4n) is 3.75. The maximum absolute atomic E-state index is 12.6. The molecular formula is C23H25N5O2S. The highest BCUT2D eigenvalue weighted by atomic mass is 32.2. The van der Waals surface area contributed by atoms with Gasteiger partial charge in [0.05, 0.1) is 17.0 Å². The summed E-state index contributed by atoms with van der Waals surface area (Å²) in [6.07, 6.45) is 6.02. The first kappa shape index (κ1) is 21.1. The molecular weight excluding hydrogens is 410 g/mol. The van der Waals surface area contributed by atoms with Gasteiger partial charge in [0.1, 0.15) is 5.82 Å². The molecule has 3 N–H and O–H groups in total. The third kappa shape index (κ3) is 5.95. The van der Waals surface area contributed by atoms with E-state index in [1.54, 1.807) is 24.3 Å². The second-order valence-electron chi connectivity index (χ2n) is 7.62. The molecule has 3 aromatic rings. The quantitative estimate of drug-likeness (QED) is 0.452. The number of para-hydroxylation sites is 2. The molecule has 0 saturated heterocycles. The van der Waals surface area contributed by atoms with Crippen LogP contribution in [0.4, 0.5) is 11.4 Å². The van der Waals surface area contributed by atoms with Gasteiger partial charge in [0.2, 0.25) is 11.1 Å². The lowest BCUT2D eigenvalue weighted by molar-refractivity contribution is -0.113. The van der Waals surface area contributed by atoms with Crippen LogP contribution in [0.1, 0.15) is 41.9 Å². The lowest BCUT2D eigenvalue weighted by Crippen LogP contribution is -2.19. The number of hydrogen-bond acceptors (Lipinski definition) is 5. The monoisotopic (exact) mass is 435 g/mol. The Balaban J connectivity index is 1.31. The van der Waals surface area contributed by atoms with Crippen molar-refractivity contribution in [1.29, 1.82) is 0 Å². The molecule has 1 heterocycles. The molecule has 8 heteroatoms. The van der Waals surface area contributed by atoms with Gasteiger partial charge >= 0.3 is 0 Å². The summed E-state index contributed by atoms with van der Waals surface area (Å²) < 4.78 is 0. The van der Waals surface area contributed by atoms with Crippen LogP contribution < -0.4 is 10.6 Å². The van der Waals surface area contributed by atoms with Crippen LogP contribution in [0, 0.1) is 5.92 Å². The summed E-state index contributed by atoms with van der Waals surface area (Å²) in [5, 5.41) is 13.4. The lowest BCUT2D eigenvalue weighted by Gasteiger charge is -2.11. The molecule has 0 atom stereocenters. The van der Waals surface area contributed by atoms with Crippen LogP contribution in [0.3, 0.4) is 0 Å². The van der Waals surface area contributed by atoms with Crippen molar-refractivity contribution in [3.05, 3.63) is 66.0 Å². The van der Waals surface area contributed by atoms with Crippen molar-refractivity contribution >= 4 is 35.0 Å². The molecule has 7 nitrogen and oxygen atoms in total. The number of nitrogens with zero attached hydrogens (tertiary/aromatic N) is 2. The number of aromatic amines is 1. The molecule has 0 bridgehead atoms. The first-order valence-electron chi connectivity index (χ1n) is 10.5. The fraction of sp³-hybridized carbons (Fsp3) is 0.304. The van der Waals surface area contributed by atoms with E-state index in [-0.39, 0.29) is 17.6 Å². The standard InChI is InChI=1S/C23H25N5O2S/c29-21(15-31-23-26-20(27-28-23)14-16-8-4-5-9-16)25-19-13-7-6-12-18(19)22(30)24-17-10-2-1-3-11-17/h1-3,6-7,10-13,16H,4-5,8-9,14-15H2,(H,24,30)(H,25,29)(H,26,27,28). The van der Waals surface area contributed by atoms with E-state index in [1.165, 1.54) is 37.4 Å². The topological polar surface area (TPSA) is 99.8 Å². The minimum Gasteiger partial charge on any atom is -0.325 e. The Kier molecular flexibility index (Phi) is 6.99. The minimum absolute atomic E-state index is 0.162. The van der Waals surface area contributed by atoms with E-state index in [1.807, 2.05) is 30.3 Å². The fourth-order valence-corrected chi connectivity index (χ4v) is 4.37. The van der Waals surface area contributed by atoms with Crippen molar-refractivity contribution in [2.24, 2.45) is 5.92 Å². The van der Waals surface area contributed by atoms with E-state index in [2.05, 4.69) is 25.8 Å². The summed E-state index contributed by atoms with van der Waals surface area (Å²) in [4.78, 5) is 29.6. The Hall–Kier alpha value is -3.13. The number of amides is 2. The molecule has 0 radical (unpaired) electrons. The predicted molar refractivity (Wildman–Crippen MR) is 122 cm³/mol. The van der Waals surface area contributed by atoms with Gasteiger partial charge in [0.25, 0.3) is 5.91 Å². The van der Waals surface area contributed by atoms with Crippen molar-refractivity contribution in [1.82, 2.24) is 15.2 Å². The van der Waals surface area contributed by atoms with E-state index >= 15 is 0 Å². The van der Waals surface area contributed by atoms with Gasteiger partial charge in [0.15, 0.2) is 0 Å². The molecule has 1 aliphatic carbocycles. The Labute approximate surface area is 185 Å². The smallest absolute Gasteiger partial charge is 0.257 e. The van der Waals surface area contributed by atoms with Crippen LogP contribution in [0.5, 0.6) is 0 Å². The normalized spacial score (nSPS) is 13.8. The van der Waals surface area contributed by atoms with Crippen LogP contribution in [-0.2, 0) is 11.2 Å². The number of nitrogens with one attached hydrogen (secondary N) is 3. The molecule has 2 amide bonds. The second kappa shape index (κ2) is 10.3. The largest absolute Gasteiger partial charge is 0.325 e. The summed E-state index contributed by atoms with van der Waals surface area (Å²) in [7, 11) is 0. The SMILES string of the molecule is O=C(CSc1n[nH]c(CC2CCCC2)n1)Nc1ccccc1C(=O)Nc1ccccc1. The first-order valence-corrected chi connectivity index (χ1v) is 11.5. The van der Waals surface area contributed by atoms with Crippen molar-refractivity contribution in [3.8, 4) is 0 Å². The maximum Gasteiger partial charge on any atom is 0.257 e. The zero-order chi connectivity index (χ0) is 21.5. The number of carbonyl (C=O) groups is 2. The first-order chi connectivity index (χ1) is 15.2. The van der Waals surface area contributed by atoms with Crippen molar-refractivity contribution in [3.63, 3.8) is 0 Å². The predicted octanol–water partition coefficient (Wildman–Crippen LogP) is 4.52. The highest BCUT2D eigenvalue weighted by Crippen LogP contribution is 2.27. The molecule has 2 aromatic carbocycles. The molecule has 31 heavy (non-hydrogen) atoms. The van der Waals surface area contributed by atoms with Crippen LogP contribution in [0.2, 0.25) is 0 Å². The zero-order valence-electron chi connectivity index (χ0n) is 17.1. The van der Waals surface area contributed by atoms with E-state index in [9.17, 15) is 9.59 Å². The van der Waals surface area contributed by atoms with Crippen LogP contribution >= 0.6 is 11.8 Å². The summed E-state index contributed by atoms with van der Waals surface area (Å²) in [6, 6.07) is 16.2. The summed E-state index contributed by atoms with van der Waals surface area (Å²) in [6.45, 7) is 0. The van der Waals surface area contributed by atoms with Crippen molar-refractivity contribution < 1.29 is 9.59 Å². The van der Waals surface area contributed by atoms with Gasteiger partial charge in [-0.3, -0.25) is 14.7 Å². The number of H-pyrrole nitrogens is 1. The van der Waals surface area contributed by atoms with Gasteiger partial charge in [-0.2, -0.15) is 0 Å². The van der Waals surface area contributed by atoms with Gasteiger partial charge in [-0.25, -0.2) is 4.98 Å². The van der Waals surface area contributed by atoms with Crippen LogP contribution in [0.25, 0.3) is 0 Å². The minimum atomic E-state index is -0.278. The summed E-state index contributed by atoms with van der Waals surface area (Å²) in [5.74, 6) is 1.24. The molecule has 1 saturated carbocycles. The van der Waals surface area contributed by atoms with Crippen molar-refractivity contribution in [2.75, 3.05) is 16.4 Å². The van der Waals surface area contributed by atoms with Crippen LogP contribution in [0.15, 0.2) is 59.8 Å². The number of thioether (sulfide) groups is 1. The maximum atomic E-state index is 12.6. The van der Waals surface area contributed by atoms with Crippen molar-refractivity contribution in [2.45, 2.75) is 37.3 Å². The van der Waals surface area contributed by atoms with Gasteiger partial charge in [-0.15, -0.1) is 5.10 Å². The number of benzene rings is 2. The number of anilines is 2. The molecule has 0 spiro atoms. The number of rotatable bonds is 8. The van der Waals surface area contributed by atoms with E-state index in [0.717, 1.165) is 12.2 Å². The third-order valence-corrected chi connectivity index (χ3v) is 6.13. The zero-order valence-corrected chi connectivity index (χ0v) is 18.0. The van der Waals surface area contributed by atoms with Gasteiger partial charge in [0, 0.05) is 12.1 Å². The molecule has 1 aliphatic rings. The molecule has 1 fully saturated rings. The highest BCUT2D eigenvalue weighted by Gasteiger charge is 2.18. The highest BCUT2D eigenvalue weighted by molar-refractivity contribution is 7.99. The van der Waals surface area contributed by atoms with Crippen LogP contribution in [-0.4, -0.2) is 32.7 Å². The van der Waals surface area contributed by atoms with E-state index < -0.39 is 0 Å². The average Bonchev–Trinajstić information content (AvgIpc) is 3.46. The van der Waals surface area contributed by atoms with Gasteiger partial charge < -0.3 is 10.6 Å². The Bertz CT molecular complexity index is 1030. The summed E-state index contributed by atoms with van der Waals surface area (Å²) >= 11 is 1.28. The molecule has 160 valence electrons. The Morgan fingerprint density at radius 3 is 2.55 bits per heavy atom. The van der Waals surface area contributed by atoms with Gasteiger partial charge in [-0.05, 0) is 30.2 Å². The number of aromatic nitrogens is 3. The second-order valence-corrected chi connectivity index (χ2v) is 8.56. The molecule has 0 unspecified atom stereocenters. The number of carbonyl (C=O) groups excluding carboxylic acids is 2. The summed E-state index contributed by atoms with van der Waals surface area (Å²) in [5.41, 5.74) is 1.57. The molecule has 1 aromatic heterocycles. The average molecular weight is 436 g/mol. The van der Waals surface area contributed by atoms with E-state index in [0.29, 0.717) is 28.0 Å². The number of hydrogen-bond donors (Lipinski definition) is 3. The Morgan fingerprint density at radius 2 is 1.74 bits per heavy atom. The van der Waals surface area contributed by atoms with Gasteiger partial charge in [-0.1, -0.05) is 67.8 Å². The molecule has 0 aliphatic heterocycles. The third-order valence-electron chi connectivity index (χ3n) is 5.28. The lowest BCUT2D eigenvalue weighted by atomic mass is 10.0. The molecule has 4 rings (SSSR count). The Morgan fingerprint density at radius 1 is 1.00 bits per heavy atom. The van der Waals surface area contributed by atoms with E-state index in [4.69, 9.17) is 0 Å².